The molecule has 1 aromatic carbocycles. The molecule has 2 N–H and O–H groups in total. The molecule has 0 saturated heterocycles. The number of allylic oxidation sites excluding steroid dienone is 1. The standard InChI is InChI=1S/C14H13NO2/c16-10-13(17)9-12-7-4-8-15-14(12)11-5-2-1-3-6-11/h1-8,10,16-17H,9H2. The minimum atomic E-state index is -0.0739. The first-order chi connectivity index (χ1) is 8.31. The fourth-order valence-electron chi connectivity index (χ4n) is 1.68. The van der Waals surface area contributed by atoms with Gasteiger partial charge in [-0.3, -0.25) is 4.98 Å². The van der Waals surface area contributed by atoms with Gasteiger partial charge in [0.2, 0.25) is 0 Å². The Balaban J connectivity index is 2.41. The van der Waals surface area contributed by atoms with Crippen LogP contribution in [0.15, 0.2) is 60.7 Å². The molecule has 0 atom stereocenters. The number of benzene rings is 1. The van der Waals surface area contributed by atoms with E-state index in [9.17, 15) is 5.11 Å². The zero-order valence-electron chi connectivity index (χ0n) is 9.24. The third-order valence-electron chi connectivity index (χ3n) is 2.46. The summed E-state index contributed by atoms with van der Waals surface area (Å²) in [6.07, 6.45) is 2.70. The summed E-state index contributed by atoms with van der Waals surface area (Å²) >= 11 is 0. The van der Waals surface area contributed by atoms with Gasteiger partial charge in [-0.1, -0.05) is 36.4 Å². The number of aliphatic hydroxyl groups excluding tert-OH is 2. The van der Waals surface area contributed by atoms with Crippen molar-refractivity contribution in [2.45, 2.75) is 6.42 Å². The van der Waals surface area contributed by atoms with Gasteiger partial charge in [-0.2, -0.15) is 0 Å². The van der Waals surface area contributed by atoms with Gasteiger partial charge in [0.1, 0.15) is 12.0 Å². The summed E-state index contributed by atoms with van der Waals surface area (Å²) in [5.41, 5.74) is 2.69. The fraction of sp³-hybridized carbons (Fsp3) is 0.0714. The first kappa shape index (κ1) is 11.2. The van der Waals surface area contributed by atoms with E-state index in [1.165, 1.54) is 0 Å². The Morgan fingerprint density at radius 3 is 2.59 bits per heavy atom. The van der Waals surface area contributed by atoms with Crippen LogP contribution in [0, 0.1) is 0 Å². The molecule has 0 aliphatic rings. The second-order valence-corrected chi connectivity index (χ2v) is 3.67. The number of nitrogens with zero attached hydrogens (tertiary/aromatic N) is 1. The van der Waals surface area contributed by atoms with Crippen molar-refractivity contribution >= 4 is 0 Å². The molecular formula is C14H13NO2. The van der Waals surface area contributed by atoms with E-state index >= 15 is 0 Å². The van der Waals surface area contributed by atoms with E-state index in [-0.39, 0.29) is 12.2 Å². The number of pyridine rings is 1. The number of aliphatic hydroxyl groups is 2. The van der Waals surface area contributed by atoms with E-state index in [1.807, 2.05) is 42.5 Å². The lowest BCUT2D eigenvalue weighted by Gasteiger charge is -2.07. The van der Waals surface area contributed by atoms with Crippen LogP contribution in [0.1, 0.15) is 5.56 Å². The quantitative estimate of drug-likeness (QED) is 0.791. The predicted molar refractivity (Wildman–Crippen MR) is 66.7 cm³/mol. The molecule has 0 bridgehead atoms. The second-order valence-electron chi connectivity index (χ2n) is 3.67. The van der Waals surface area contributed by atoms with Gasteiger partial charge < -0.3 is 10.2 Å². The molecule has 1 heterocycles. The lowest BCUT2D eigenvalue weighted by molar-refractivity contribution is 0.351. The molecule has 0 amide bonds. The molecule has 1 aromatic heterocycles. The fourth-order valence-corrected chi connectivity index (χ4v) is 1.68. The third-order valence-corrected chi connectivity index (χ3v) is 2.46. The normalized spacial score (nSPS) is 11.4. The van der Waals surface area contributed by atoms with Gasteiger partial charge in [0.05, 0.1) is 5.69 Å². The summed E-state index contributed by atoms with van der Waals surface area (Å²) in [5, 5.41) is 18.1. The Morgan fingerprint density at radius 1 is 1.12 bits per heavy atom. The van der Waals surface area contributed by atoms with Gasteiger partial charge in [-0.15, -0.1) is 0 Å². The maximum Gasteiger partial charge on any atom is 0.131 e. The molecular weight excluding hydrogens is 214 g/mol. The van der Waals surface area contributed by atoms with Crippen molar-refractivity contribution in [3.05, 3.63) is 66.2 Å². The Hall–Kier alpha value is -2.29. The van der Waals surface area contributed by atoms with E-state index in [2.05, 4.69) is 4.98 Å². The molecule has 2 aromatic rings. The molecule has 0 unspecified atom stereocenters. The lowest BCUT2D eigenvalue weighted by Crippen LogP contribution is -1.95. The van der Waals surface area contributed by atoms with Crippen LogP contribution in [0.2, 0.25) is 0 Å². The zero-order chi connectivity index (χ0) is 12.1. The van der Waals surface area contributed by atoms with Crippen molar-refractivity contribution in [1.82, 2.24) is 4.98 Å². The predicted octanol–water partition coefficient (Wildman–Crippen LogP) is 3.25. The van der Waals surface area contributed by atoms with E-state index in [0.717, 1.165) is 16.8 Å². The van der Waals surface area contributed by atoms with Crippen LogP contribution in [0.5, 0.6) is 0 Å². The van der Waals surface area contributed by atoms with Gasteiger partial charge in [-0.25, -0.2) is 0 Å². The largest absolute Gasteiger partial charge is 0.512 e. The van der Waals surface area contributed by atoms with E-state index in [0.29, 0.717) is 6.26 Å². The van der Waals surface area contributed by atoms with Crippen LogP contribution < -0.4 is 0 Å². The van der Waals surface area contributed by atoms with Crippen molar-refractivity contribution in [2.75, 3.05) is 0 Å². The van der Waals surface area contributed by atoms with Crippen molar-refractivity contribution in [3.8, 4) is 11.3 Å². The van der Waals surface area contributed by atoms with Gasteiger partial charge >= 0.3 is 0 Å². The molecule has 0 aliphatic heterocycles. The highest BCUT2D eigenvalue weighted by atomic mass is 16.3. The maximum absolute atomic E-state index is 9.37. The summed E-state index contributed by atoms with van der Waals surface area (Å²) in [6.45, 7) is 0. The topological polar surface area (TPSA) is 53.4 Å². The Kier molecular flexibility index (Phi) is 3.40. The van der Waals surface area contributed by atoms with Crippen LogP contribution >= 0.6 is 0 Å². The van der Waals surface area contributed by atoms with Gasteiger partial charge in [-0.05, 0) is 11.6 Å². The minimum Gasteiger partial charge on any atom is -0.512 e. The Bertz CT molecular complexity index is 521. The molecule has 17 heavy (non-hydrogen) atoms. The number of hydrogen-bond donors (Lipinski definition) is 2. The van der Waals surface area contributed by atoms with Gasteiger partial charge in [0.15, 0.2) is 0 Å². The second kappa shape index (κ2) is 5.16. The molecule has 0 spiro atoms. The Morgan fingerprint density at radius 2 is 1.88 bits per heavy atom. The Labute approximate surface area is 99.7 Å². The van der Waals surface area contributed by atoms with Crippen molar-refractivity contribution in [1.29, 1.82) is 0 Å². The molecule has 0 radical (unpaired) electrons. The summed E-state index contributed by atoms with van der Waals surface area (Å²) < 4.78 is 0. The van der Waals surface area contributed by atoms with Crippen LogP contribution in [-0.2, 0) is 6.42 Å². The summed E-state index contributed by atoms with van der Waals surface area (Å²) in [4.78, 5) is 4.32. The van der Waals surface area contributed by atoms with Crippen molar-refractivity contribution in [2.24, 2.45) is 0 Å². The molecule has 2 rings (SSSR count). The van der Waals surface area contributed by atoms with E-state index < -0.39 is 0 Å². The van der Waals surface area contributed by atoms with E-state index in [4.69, 9.17) is 5.11 Å². The molecule has 0 saturated carbocycles. The van der Waals surface area contributed by atoms with Crippen molar-refractivity contribution in [3.63, 3.8) is 0 Å². The van der Waals surface area contributed by atoms with Crippen LogP contribution in [0.3, 0.4) is 0 Å². The molecule has 0 aliphatic carbocycles. The highest BCUT2D eigenvalue weighted by molar-refractivity contribution is 5.63. The van der Waals surface area contributed by atoms with Crippen LogP contribution in [-0.4, -0.2) is 15.2 Å². The molecule has 3 heteroatoms. The average molecular weight is 227 g/mol. The third kappa shape index (κ3) is 2.64. The van der Waals surface area contributed by atoms with Crippen LogP contribution in [0.25, 0.3) is 11.3 Å². The van der Waals surface area contributed by atoms with Gasteiger partial charge in [0.25, 0.3) is 0 Å². The SMILES string of the molecule is OC=C(O)Cc1cccnc1-c1ccccc1. The smallest absolute Gasteiger partial charge is 0.131 e. The minimum absolute atomic E-state index is 0.0739. The first-order valence-electron chi connectivity index (χ1n) is 5.33. The maximum atomic E-state index is 9.37. The zero-order valence-corrected chi connectivity index (χ0v) is 9.24. The first-order valence-corrected chi connectivity index (χ1v) is 5.33. The summed E-state index contributed by atoms with van der Waals surface area (Å²) in [6, 6.07) is 13.4. The highest BCUT2D eigenvalue weighted by Crippen LogP contribution is 2.22. The molecule has 86 valence electrons. The summed E-state index contributed by atoms with van der Waals surface area (Å²) in [5.74, 6) is -0.0739. The summed E-state index contributed by atoms with van der Waals surface area (Å²) in [7, 11) is 0. The average Bonchev–Trinajstić information content (AvgIpc) is 2.40. The monoisotopic (exact) mass is 227 g/mol. The highest BCUT2D eigenvalue weighted by Gasteiger charge is 2.07. The number of rotatable bonds is 3. The molecule has 0 fully saturated rings. The number of hydrogen-bond acceptors (Lipinski definition) is 3. The van der Waals surface area contributed by atoms with E-state index in [1.54, 1.807) is 6.20 Å². The van der Waals surface area contributed by atoms with Crippen molar-refractivity contribution < 1.29 is 10.2 Å². The van der Waals surface area contributed by atoms with Gasteiger partial charge in [0, 0.05) is 18.2 Å². The molecule has 3 nitrogen and oxygen atoms in total. The lowest BCUT2D eigenvalue weighted by atomic mass is 10.0. The van der Waals surface area contributed by atoms with Crippen LogP contribution in [0.4, 0.5) is 0 Å². The number of aromatic nitrogens is 1.